The van der Waals surface area contributed by atoms with E-state index in [1.165, 1.54) is 16.8 Å². The number of β-amino-alcohol motifs (C(OH)–C–C–N with tert-alkyl or cyclic N) is 1. The van der Waals surface area contributed by atoms with Crippen LogP contribution in [0.25, 0.3) is 0 Å². The molecule has 0 bridgehead atoms. The van der Waals surface area contributed by atoms with E-state index in [0.717, 1.165) is 37.0 Å². The van der Waals surface area contributed by atoms with E-state index in [1.54, 1.807) is 0 Å². The van der Waals surface area contributed by atoms with Crippen LogP contribution < -0.4 is 9.64 Å². The van der Waals surface area contributed by atoms with Crippen molar-refractivity contribution >= 4 is 17.3 Å². The molecule has 31 heavy (non-hydrogen) atoms. The minimum absolute atomic E-state index is 0.322. The van der Waals surface area contributed by atoms with Crippen LogP contribution in [0.4, 0.5) is 5.69 Å². The highest BCUT2D eigenvalue weighted by molar-refractivity contribution is 6.30. The van der Waals surface area contributed by atoms with Crippen LogP contribution in [0.15, 0.2) is 42.5 Å². The minimum atomic E-state index is -0.498. The second-order valence-electron chi connectivity index (χ2n) is 8.49. The Morgan fingerprint density at radius 1 is 1.03 bits per heavy atom. The van der Waals surface area contributed by atoms with Gasteiger partial charge in [0.15, 0.2) is 0 Å². The minimum Gasteiger partial charge on any atom is -0.491 e. The highest BCUT2D eigenvalue weighted by atomic mass is 35.5. The Labute approximate surface area is 191 Å². The average molecular weight is 447 g/mol. The number of benzene rings is 2. The molecule has 170 valence electrons. The standard InChI is InChI=1S/C25H35ClN2O3/c1-19(2)23-6-4-5-7-25(23)31-15-14-30-18-22(29)17-27-10-12-28(13-11-27)24-16-21(26)9-8-20(24)3/h4-9,16,19,22,29H,10-15,17-18H2,1-3H3/t22-/m0/s1. The number of aliphatic hydroxyl groups is 1. The molecule has 6 heteroatoms. The Balaban J connectivity index is 1.33. The molecule has 0 saturated carbocycles. The van der Waals surface area contributed by atoms with E-state index >= 15 is 0 Å². The topological polar surface area (TPSA) is 45.2 Å². The van der Waals surface area contributed by atoms with Crippen molar-refractivity contribution in [2.75, 3.05) is 57.4 Å². The molecule has 1 saturated heterocycles. The van der Waals surface area contributed by atoms with Crippen molar-refractivity contribution in [2.24, 2.45) is 0 Å². The molecule has 1 aliphatic rings. The molecule has 1 atom stereocenters. The number of nitrogens with zero attached hydrogens (tertiary/aromatic N) is 2. The van der Waals surface area contributed by atoms with Crippen molar-refractivity contribution in [1.29, 1.82) is 0 Å². The fourth-order valence-corrected chi connectivity index (χ4v) is 4.13. The van der Waals surface area contributed by atoms with E-state index in [0.29, 0.717) is 32.3 Å². The maximum absolute atomic E-state index is 10.4. The number of rotatable bonds is 10. The zero-order chi connectivity index (χ0) is 22.2. The molecule has 2 aromatic carbocycles. The summed E-state index contributed by atoms with van der Waals surface area (Å²) in [6.07, 6.45) is -0.498. The van der Waals surface area contributed by atoms with Crippen molar-refractivity contribution in [1.82, 2.24) is 4.90 Å². The molecule has 0 amide bonds. The molecule has 5 nitrogen and oxygen atoms in total. The number of ether oxygens (including phenoxy) is 2. The first-order valence-corrected chi connectivity index (χ1v) is 11.5. The average Bonchev–Trinajstić information content (AvgIpc) is 2.76. The number of piperazine rings is 1. The number of hydrogen-bond acceptors (Lipinski definition) is 5. The largest absolute Gasteiger partial charge is 0.491 e. The summed E-state index contributed by atoms with van der Waals surface area (Å²) in [5, 5.41) is 11.1. The molecule has 1 aliphatic heterocycles. The summed E-state index contributed by atoms with van der Waals surface area (Å²) >= 11 is 6.17. The Bertz CT molecular complexity index is 822. The lowest BCUT2D eigenvalue weighted by Crippen LogP contribution is -2.49. The zero-order valence-corrected chi connectivity index (χ0v) is 19.6. The highest BCUT2D eigenvalue weighted by Crippen LogP contribution is 2.26. The van der Waals surface area contributed by atoms with Crippen LogP contribution in [-0.4, -0.2) is 68.7 Å². The third-order valence-corrected chi connectivity index (χ3v) is 5.92. The van der Waals surface area contributed by atoms with Gasteiger partial charge in [0.1, 0.15) is 12.4 Å². The summed E-state index contributed by atoms with van der Waals surface area (Å²) in [7, 11) is 0. The number of anilines is 1. The van der Waals surface area contributed by atoms with E-state index < -0.39 is 6.10 Å². The van der Waals surface area contributed by atoms with Gasteiger partial charge in [0.05, 0.1) is 19.3 Å². The SMILES string of the molecule is Cc1ccc(Cl)cc1N1CCN(C[C@H](O)COCCOc2ccccc2C(C)C)CC1. The Morgan fingerprint density at radius 3 is 2.52 bits per heavy atom. The van der Waals surface area contributed by atoms with Crippen LogP contribution in [0, 0.1) is 6.92 Å². The van der Waals surface area contributed by atoms with Crippen LogP contribution in [0.1, 0.15) is 30.9 Å². The van der Waals surface area contributed by atoms with Gasteiger partial charge in [-0.2, -0.15) is 0 Å². The third-order valence-electron chi connectivity index (χ3n) is 5.69. The van der Waals surface area contributed by atoms with Gasteiger partial charge >= 0.3 is 0 Å². The van der Waals surface area contributed by atoms with E-state index in [-0.39, 0.29) is 0 Å². The molecule has 0 spiro atoms. The summed E-state index contributed by atoms with van der Waals surface area (Å²) in [5.41, 5.74) is 3.65. The Morgan fingerprint density at radius 2 is 1.77 bits per heavy atom. The second kappa shape index (κ2) is 11.7. The molecular weight excluding hydrogens is 412 g/mol. The van der Waals surface area contributed by atoms with Crippen LogP contribution in [0.3, 0.4) is 0 Å². The molecule has 3 rings (SSSR count). The molecule has 0 radical (unpaired) electrons. The maximum atomic E-state index is 10.4. The highest BCUT2D eigenvalue weighted by Gasteiger charge is 2.20. The Kier molecular flexibility index (Phi) is 9.02. The first kappa shape index (κ1) is 23.9. The second-order valence-corrected chi connectivity index (χ2v) is 8.92. The quantitative estimate of drug-likeness (QED) is 0.550. The van der Waals surface area contributed by atoms with Gasteiger partial charge in [0.25, 0.3) is 0 Å². The normalized spacial score (nSPS) is 16.0. The van der Waals surface area contributed by atoms with E-state index in [9.17, 15) is 5.11 Å². The molecule has 0 unspecified atom stereocenters. The summed E-state index contributed by atoms with van der Waals surface area (Å²) in [5.74, 6) is 1.33. The fraction of sp³-hybridized carbons (Fsp3) is 0.520. The molecule has 1 heterocycles. The van der Waals surface area contributed by atoms with Crippen molar-refractivity contribution in [3.05, 3.63) is 58.6 Å². The number of hydrogen-bond donors (Lipinski definition) is 1. The van der Waals surface area contributed by atoms with Gasteiger partial charge < -0.3 is 19.5 Å². The third kappa shape index (κ3) is 7.11. The lowest BCUT2D eigenvalue weighted by molar-refractivity contribution is 0.00709. The number of halogens is 1. The summed E-state index contributed by atoms with van der Waals surface area (Å²) in [6, 6.07) is 14.1. The van der Waals surface area contributed by atoms with Crippen LogP contribution in [0.2, 0.25) is 5.02 Å². The van der Waals surface area contributed by atoms with Crippen LogP contribution in [0.5, 0.6) is 5.75 Å². The summed E-state index contributed by atoms with van der Waals surface area (Å²) in [4.78, 5) is 4.66. The van der Waals surface area contributed by atoms with Crippen molar-refractivity contribution in [2.45, 2.75) is 32.8 Å². The summed E-state index contributed by atoms with van der Waals surface area (Å²) < 4.78 is 11.5. The van der Waals surface area contributed by atoms with E-state index in [4.69, 9.17) is 21.1 Å². The molecule has 0 aromatic heterocycles. The molecule has 1 fully saturated rings. The molecular formula is C25H35ClN2O3. The van der Waals surface area contributed by atoms with E-state index in [1.807, 2.05) is 30.3 Å². The molecule has 1 N–H and O–H groups in total. The van der Waals surface area contributed by atoms with Crippen molar-refractivity contribution in [3.63, 3.8) is 0 Å². The number of aryl methyl sites for hydroxylation is 1. The predicted octanol–water partition coefficient (Wildman–Crippen LogP) is 4.35. The van der Waals surface area contributed by atoms with Gasteiger partial charge in [0.2, 0.25) is 0 Å². The first-order valence-electron chi connectivity index (χ1n) is 11.1. The number of aliphatic hydroxyl groups excluding tert-OH is 1. The van der Waals surface area contributed by atoms with Gasteiger partial charge in [0, 0.05) is 43.4 Å². The van der Waals surface area contributed by atoms with Gasteiger partial charge in [-0.05, 0) is 42.2 Å². The van der Waals surface area contributed by atoms with Crippen molar-refractivity contribution in [3.8, 4) is 5.75 Å². The van der Waals surface area contributed by atoms with Gasteiger partial charge in [-0.3, -0.25) is 4.90 Å². The van der Waals surface area contributed by atoms with Gasteiger partial charge in [-0.1, -0.05) is 49.7 Å². The summed E-state index contributed by atoms with van der Waals surface area (Å²) in [6.45, 7) is 12.0. The van der Waals surface area contributed by atoms with Crippen LogP contribution >= 0.6 is 11.6 Å². The first-order chi connectivity index (χ1) is 14.9. The van der Waals surface area contributed by atoms with E-state index in [2.05, 4.69) is 42.7 Å². The lowest BCUT2D eigenvalue weighted by Gasteiger charge is -2.37. The van der Waals surface area contributed by atoms with Crippen molar-refractivity contribution < 1.29 is 14.6 Å². The number of para-hydroxylation sites is 1. The van der Waals surface area contributed by atoms with Crippen LogP contribution in [-0.2, 0) is 4.74 Å². The van der Waals surface area contributed by atoms with Gasteiger partial charge in [-0.15, -0.1) is 0 Å². The lowest BCUT2D eigenvalue weighted by atomic mass is 10.0. The molecule has 2 aromatic rings. The fourth-order valence-electron chi connectivity index (χ4n) is 3.96. The zero-order valence-electron chi connectivity index (χ0n) is 18.9. The monoisotopic (exact) mass is 446 g/mol. The maximum Gasteiger partial charge on any atom is 0.122 e. The smallest absolute Gasteiger partial charge is 0.122 e. The predicted molar refractivity (Wildman–Crippen MR) is 128 cm³/mol. The molecule has 0 aliphatic carbocycles. The Hall–Kier alpha value is -1.79. The van der Waals surface area contributed by atoms with Gasteiger partial charge in [-0.25, -0.2) is 0 Å².